The molecule has 3 rings (SSSR count). The first-order valence-corrected chi connectivity index (χ1v) is 8.69. The van der Waals surface area contributed by atoms with E-state index in [-0.39, 0.29) is 17.5 Å². The Bertz CT molecular complexity index is 732. The smallest absolute Gasteiger partial charge is 0.313 e. The van der Waals surface area contributed by atoms with Crippen LogP contribution in [0.1, 0.15) is 12.0 Å². The second-order valence-corrected chi connectivity index (χ2v) is 6.90. The van der Waals surface area contributed by atoms with Gasteiger partial charge in [0.25, 0.3) is 0 Å². The Balaban J connectivity index is 1.82. The molecular formula is C19H19NO3S. The number of hydrogen-bond donors (Lipinski definition) is 0. The number of Topliss-reactive ketones (excluding diaryl/α,β-unsaturated/α-hetero) is 1. The van der Waals surface area contributed by atoms with Crippen LogP contribution in [0.2, 0.25) is 0 Å². The number of esters is 1. The van der Waals surface area contributed by atoms with Gasteiger partial charge in [0.2, 0.25) is 0 Å². The highest BCUT2D eigenvalue weighted by Gasteiger charge is 2.30. The number of thioether (sulfide) groups is 1. The average molecular weight is 341 g/mol. The highest BCUT2D eigenvalue weighted by Crippen LogP contribution is 2.39. The molecule has 0 spiro atoms. The first kappa shape index (κ1) is 16.6. The van der Waals surface area contributed by atoms with E-state index in [2.05, 4.69) is 27.8 Å². The van der Waals surface area contributed by atoms with Gasteiger partial charge in [-0.05, 0) is 17.7 Å². The molecule has 0 bridgehead atoms. The van der Waals surface area contributed by atoms with Gasteiger partial charge in [-0.3, -0.25) is 9.59 Å². The molecule has 1 aliphatic rings. The molecule has 4 nitrogen and oxygen atoms in total. The Morgan fingerprint density at radius 3 is 2.58 bits per heavy atom. The van der Waals surface area contributed by atoms with Gasteiger partial charge in [-0.1, -0.05) is 42.5 Å². The number of carbonyl (C=O) groups is 2. The third-order valence-corrected chi connectivity index (χ3v) is 5.28. The lowest BCUT2D eigenvalue weighted by Gasteiger charge is -2.35. The van der Waals surface area contributed by atoms with Gasteiger partial charge in [0.05, 0.1) is 18.0 Å². The van der Waals surface area contributed by atoms with Crippen molar-refractivity contribution in [1.29, 1.82) is 0 Å². The summed E-state index contributed by atoms with van der Waals surface area (Å²) in [5.74, 6) is -0.562. The Kier molecular flexibility index (Phi) is 5.20. The van der Waals surface area contributed by atoms with E-state index in [0.717, 1.165) is 17.1 Å². The number of carbonyl (C=O) groups excluding carboxylic acids is 2. The molecule has 1 unspecified atom stereocenters. The topological polar surface area (TPSA) is 46.6 Å². The van der Waals surface area contributed by atoms with Crippen LogP contribution in [0.25, 0.3) is 0 Å². The zero-order valence-corrected chi connectivity index (χ0v) is 14.3. The number of methoxy groups -OCH3 is 1. The van der Waals surface area contributed by atoms with Crippen molar-refractivity contribution in [1.82, 2.24) is 0 Å². The van der Waals surface area contributed by atoms with Crippen molar-refractivity contribution in [2.24, 2.45) is 0 Å². The highest BCUT2D eigenvalue weighted by atomic mass is 32.2. The number of ether oxygens (including phenoxy) is 1. The SMILES string of the molecule is COC(=O)CC(=O)C1CN(Cc2ccccc2)c2ccccc2S1. The van der Waals surface area contributed by atoms with Crippen LogP contribution < -0.4 is 4.90 Å². The first-order valence-electron chi connectivity index (χ1n) is 7.81. The van der Waals surface area contributed by atoms with Crippen LogP contribution in [0.3, 0.4) is 0 Å². The monoisotopic (exact) mass is 341 g/mol. The van der Waals surface area contributed by atoms with Crippen molar-refractivity contribution in [3.05, 3.63) is 60.2 Å². The Labute approximate surface area is 145 Å². The minimum absolute atomic E-state index is 0.0839. The molecule has 2 aromatic carbocycles. The normalized spacial score (nSPS) is 16.4. The average Bonchev–Trinajstić information content (AvgIpc) is 2.62. The van der Waals surface area contributed by atoms with Crippen molar-refractivity contribution in [2.75, 3.05) is 18.6 Å². The molecule has 0 N–H and O–H groups in total. The number of para-hydroxylation sites is 1. The van der Waals surface area contributed by atoms with Gasteiger partial charge < -0.3 is 9.64 Å². The van der Waals surface area contributed by atoms with Crippen LogP contribution >= 0.6 is 11.8 Å². The fourth-order valence-corrected chi connectivity index (χ4v) is 4.01. The highest BCUT2D eigenvalue weighted by molar-refractivity contribution is 8.01. The van der Waals surface area contributed by atoms with Crippen LogP contribution in [0.15, 0.2) is 59.5 Å². The van der Waals surface area contributed by atoms with E-state index in [1.165, 1.54) is 24.4 Å². The maximum absolute atomic E-state index is 12.4. The summed E-state index contributed by atoms with van der Waals surface area (Å²) >= 11 is 1.53. The van der Waals surface area contributed by atoms with Gasteiger partial charge in [0, 0.05) is 18.0 Å². The number of ketones is 1. The van der Waals surface area contributed by atoms with Crippen LogP contribution in [0.4, 0.5) is 5.69 Å². The summed E-state index contributed by atoms with van der Waals surface area (Å²) < 4.78 is 4.62. The number of benzene rings is 2. The van der Waals surface area contributed by atoms with E-state index in [1.54, 1.807) is 0 Å². The summed E-state index contributed by atoms with van der Waals surface area (Å²) in [6.45, 7) is 1.33. The van der Waals surface area contributed by atoms with Gasteiger partial charge in [-0.15, -0.1) is 11.8 Å². The predicted molar refractivity (Wildman–Crippen MR) is 95.2 cm³/mol. The third kappa shape index (κ3) is 3.79. The standard InChI is InChI=1S/C19H19NO3S/c1-23-19(22)11-16(21)18-13-20(12-14-7-3-2-4-8-14)15-9-5-6-10-17(15)24-18/h2-10,18H,11-13H2,1H3. The minimum atomic E-state index is -0.478. The number of anilines is 1. The van der Waals surface area contributed by atoms with E-state index in [4.69, 9.17) is 0 Å². The molecule has 0 saturated carbocycles. The number of hydrogen-bond acceptors (Lipinski definition) is 5. The largest absolute Gasteiger partial charge is 0.469 e. The lowest BCUT2D eigenvalue weighted by Crippen LogP contribution is -2.38. The van der Waals surface area contributed by atoms with Gasteiger partial charge >= 0.3 is 5.97 Å². The number of nitrogens with zero attached hydrogens (tertiary/aromatic N) is 1. The summed E-state index contributed by atoms with van der Waals surface area (Å²) in [4.78, 5) is 27.1. The molecule has 0 radical (unpaired) electrons. The number of rotatable bonds is 5. The summed E-state index contributed by atoms with van der Waals surface area (Å²) in [5.41, 5.74) is 2.33. The van der Waals surface area contributed by atoms with Crippen LogP contribution in [-0.4, -0.2) is 30.7 Å². The summed E-state index contributed by atoms with van der Waals surface area (Å²) in [7, 11) is 1.31. The zero-order valence-electron chi connectivity index (χ0n) is 13.5. The van der Waals surface area contributed by atoms with Gasteiger partial charge in [-0.2, -0.15) is 0 Å². The Morgan fingerprint density at radius 2 is 1.83 bits per heavy atom. The van der Waals surface area contributed by atoms with Crippen LogP contribution in [0, 0.1) is 0 Å². The Hall–Kier alpha value is -2.27. The quantitative estimate of drug-likeness (QED) is 0.617. The second-order valence-electron chi connectivity index (χ2n) is 5.66. The lowest BCUT2D eigenvalue weighted by atomic mass is 10.1. The summed E-state index contributed by atoms with van der Waals surface area (Å²) in [6, 6.07) is 18.3. The van der Waals surface area contributed by atoms with Crippen molar-refractivity contribution >= 4 is 29.2 Å². The molecule has 24 heavy (non-hydrogen) atoms. The fourth-order valence-electron chi connectivity index (χ4n) is 2.76. The molecule has 1 atom stereocenters. The molecule has 0 aromatic heterocycles. The third-order valence-electron chi connectivity index (χ3n) is 3.98. The molecule has 124 valence electrons. The van der Waals surface area contributed by atoms with E-state index >= 15 is 0 Å². The summed E-state index contributed by atoms with van der Waals surface area (Å²) in [6.07, 6.45) is -0.171. The predicted octanol–water partition coefficient (Wildman–Crippen LogP) is 3.30. The van der Waals surface area contributed by atoms with E-state index in [9.17, 15) is 9.59 Å². The molecule has 5 heteroatoms. The minimum Gasteiger partial charge on any atom is -0.469 e. The van der Waals surface area contributed by atoms with Crippen molar-refractivity contribution < 1.29 is 14.3 Å². The molecule has 1 aliphatic heterocycles. The number of fused-ring (bicyclic) bond motifs is 1. The van der Waals surface area contributed by atoms with Crippen molar-refractivity contribution in [3.63, 3.8) is 0 Å². The lowest BCUT2D eigenvalue weighted by molar-refractivity contribution is -0.143. The van der Waals surface area contributed by atoms with Crippen molar-refractivity contribution in [2.45, 2.75) is 23.1 Å². The summed E-state index contributed by atoms with van der Waals surface area (Å²) in [5, 5.41) is -0.261. The first-order chi connectivity index (χ1) is 11.7. The molecule has 1 heterocycles. The van der Waals surface area contributed by atoms with Gasteiger partial charge in [0.1, 0.15) is 6.42 Å². The molecule has 0 saturated heterocycles. The van der Waals surface area contributed by atoms with Crippen molar-refractivity contribution in [3.8, 4) is 0 Å². The molecule has 0 fully saturated rings. The maximum atomic E-state index is 12.4. The van der Waals surface area contributed by atoms with Gasteiger partial charge in [-0.25, -0.2) is 0 Å². The Morgan fingerprint density at radius 1 is 1.12 bits per heavy atom. The molecule has 0 aliphatic carbocycles. The van der Waals surface area contributed by atoms with Gasteiger partial charge in [0.15, 0.2) is 5.78 Å². The van der Waals surface area contributed by atoms with E-state index in [1.807, 2.05) is 36.4 Å². The maximum Gasteiger partial charge on any atom is 0.313 e. The van der Waals surface area contributed by atoms with E-state index in [0.29, 0.717) is 6.54 Å². The van der Waals surface area contributed by atoms with E-state index < -0.39 is 5.97 Å². The second kappa shape index (κ2) is 7.53. The van der Waals surface area contributed by atoms with Crippen LogP contribution in [-0.2, 0) is 20.9 Å². The molecular weight excluding hydrogens is 322 g/mol. The molecule has 0 amide bonds. The molecule has 2 aromatic rings. The van der Waals surface area contributed by atoms with Crippen LogP contribution in [0.5, 0.6) is 0 Å². The zero-order chi connectivity index (χ0) is 16.9. The fraction of sp³-hybridized carbons (Fsp3) is 0.263.